The molecular weight excluding hydrogens is 478 g/mol. The van der Waals surface area contributed by atoms with Crippen molar-refractivity contribution >= 4 is 17.6 Å². The maximum absolute atomic E-state index is 13.0. The zero-order valence-electron chi connectivity index (χ0n) is 23.1. The van der Waals surface area contributed by atoms with E-state index in [0.29, 0.717) is 19.0 Å². The molecular formula is C30H41N5O3. The SMILES string of the molecule is CN1CCCC1c1ncc(-c2ccc(C3=CCC(NC(=O)C4CCCN4C(=O)OC(C)(C)C)CC3)cc2)[nH]1. The van der Waals surface area contributed by atoms with Gasteiger partial charge in [0.05, 0.1) is 17.9 Å². The van der Waals surface area contributed by atoms with Gasteiger partial charge in [-0.25, -0.2) is 9.78 Å². The number of aromatic amines is 1. The van der Waals surface area contributed by atoms with Gasteiger partial charge in [-0.2, -0.15) is 0 Å². The fourth-order valence-electron chi connectivity index (χ4n) is 5.88. The van der Waals surface area contributed by atoms with Crippen LogP contribution in [0.15, 0.2) is 36.5 Å². The lowest BCUT2D eigenvalue weighted by Gasteiger charge is -2.30. The van der Waals surface area contributed by atoms with E-state index >= 15 is 0 Å². The van der Waals surface area contributed by atoms with Crippen LogP contribution in [0.3, 0.4) is 0 Å². The number of carbonyl (C=O) groups excluding carboxylic acids is 2. The van der Waals surface area contributed by atoms with Crippen molar-refractivity contribution in [3.63, 3.8) is 0 Å². The Morgan fingerprint density at radius 1 is 1.05 bits per heavy atom. The highest BCUT2D eigenvalue weighted by Crippen LogP contribution is 2.32. The monoisotopic (exact) mass is 519 g/mol. The third kappa shape index (κ3) is 5.96. The molecule has 204 valence electrons. The second-order valence-corrected chi connectivity index (χ2v) is 11.9. The average molecular weight is 520 g/mol. The summed E-state index contributed by atoms with van der Waals surface area (Å²) in [5, 5.41) is 3.19. The molecule has 2 amide bonds. The summed E-state index contributed by atoms with van der Waals surface area (Å²) < 4.78 is 5.51. The number of amides is 2. The third-order valence-electron chi connectivity index (χ3n) is 7.94. The van der Waals surface area contributed by atoms with Crippen LogP contribution in [0.25, 0.3) is 16.8 Å². The molecule has 3 atom stereocenters. The number of H-pyrrole nitrogens is 1. The number of carbonyl (C=O) groups is 2. The second kappa shape index (κ2) is 10.9. The lowest BCUT2D eigenvalue weighted by molar-refractivity contribution is -0.126. The van der Waals surface area contributed by atoms with Crippen molar-refractivity contribution in [3.8, 4) is 11.3 Å². The summed E-state index contributed by atoms with van der Waals surface area (Å²) in [5.74, 6) is 0.987. The van der Waals surface area contributed by atoms with Crippen molar-refractivity contribution in [2.24, 2.45) is 0 Å². The standard InChI is InChI=1S/C30H41N5O3/c1-30(2,3)38-29(37)35-18-6-8-26(35)28(36)32-23-15-13-21(14-16-23)20-9-11-22(12-10-20)24-19-31-27(33-24)25-7-5-17-34(25)4/h9-13,19,23,25-26H,5-8,14-18H2,1-4H3,(H,31,33)(H,32,36). The van der Waals surface area contributed by atoms with E-state index in [-0.39, 0.29) is 11.9 Å². The van der Waals surface area contributed by atoms with Crippen molar-refractivity contribution in [1.82, 2.24) is 25.1 Å². The van der Waals surface area contributed by atoms with Crippen LogP contribution in [-0.2, 0) is 9.53 Å². The minimum absolute atomic E-state index is 0.0673. The molecule has 3 aliphatic rings. The van der Waals surface area contributed by atoms with Crippen LogP contribution in [0.4, 0.5) is 4.79 Å². The van der Waals surface area contributed by atoms with Crippen molar-refractivity contribution in [3.05, 3.63) is 47.9 Å². The first-order chi connectivity index (χ1) is 18.2. The molecule has 3 unspecified atom stereocenters. The number of imidazole rings is 1. The number of allylic oxidation sites excluding steroid dienone is 1. The second-order valence-electron chi connectivity index (χ2n) is 11.9. The Labute approximate surface area is 225 Å². The molecule has 2 aromatic rings. The van der Waals surface area contributed by atoms with E-state index in [1.807, 2.05) is 27.0 Å². The maximum Gasteiger partial charge on any atom is 0.410 e. The van der Waals surface area contributed by atoms with Crippen LogP contribution in [0.5, 0.6) is 0 Å². The Balaban J connectivity index is 1.16. The molecule has 2 aliphatic heterocycles. The van der Waals surface area contributed by atoms with Gasteiger partial charge in [0.1, 0.15) is 17.5 Å². The molecule has 0 radical (unpaired) electrons. The van der Waals surface area contributed by atoms with Gasteiger partial charge in [0.25, 0.3) is 0 Å². The molecule has 3 heterocycles. The average Bonchev–Trinajstić information content (AvgIpc) is 3.64. The fourth-order valence-corrected chi connectivity index (χ4v) is 5.88. The highest BCUT2D eigenvalue weighted by Gasteiger charge is 2.37. The first kappa shape index (κ1) is 26.5. The van der Waals surface area contributed by atoms with E-state index in [4.69, 9.17) is 4.74 Å². The zero-order chi connectivity index (χ0) is 26.9. The summed E-state index contributed by atoms with van der Waals surface area (Å²) in [7, 11) is 2.16. The van der Waals surface area contributed by atoms with E-state index in [1.54, 1.807) is 4.90 Å². The van der Waals surface area contributed by atoms with E-state index in [2.05, 4.69) is 57.6 Å². The largest absolute Gasteiger partial charge is 0.444 e. The van der Waals surface area contributed by atoms with E-state index < -0.39 is 17.7 Å². The van der Waals surface area contributed by atoms with Crippen LogP contribution in [0.2, 0.25) is 0 Å². The number of aromatic nitrogens is 2. The molecule has 1 aromatic carbocycles. The van der Waals surface area contributed by atoms with Gasteiger partial charge >= 0.3 is 6.09 Å². The fraction of sp³-hybridized carbons (Fsp3) is 0.567. The van der Waals surface area contributed by atoms with Crippen molar-refractivity contribution in [2.45, 2.75) is 89.4 Å². The van der Waals surface area contributed by atoms with Crippen LogP contribution < -0.4 is 5.32 Å². The van der Waals surface area contributed by atoms with Gasteiger partial charge in [-0.3, -0.25) is 14.6 Å². The zero-order valence-corrected chi connectivity index (χ0v) is 23.1. The predicted octanol–water partition coefficient (Wildman–Crippen LogP) is 5.30. The molecule has 1 aromatic heterocycles. The molecule has 5 rings (SSSR count). The smallest absolute Gasteiger partial charge is 0.410 e. The summed E-state index contributed by atoms with van der Waals surface area (Å²) in [6.07, 6.45) is 10.2. The van der Waals surface area contributed by atoms with Crippen molar-refractivity contribution in [1.29, 1.82) is 0 Å². The molecule has 2 saturated heterocycles. The number of likely N-dealkylation sites (tertiary alicyclic amines) is 2. The lowest BCUT2D eigenvalue weighted by atomic mass is 9.90. The molecule has 8 nitrogen and oxygen atoms in total. The summed E-state index contributed by atoms with van der Waals surface area (Å²) in [6, 6.07) is 8.70. The Morgan fingerprint density at radius 3 is 2.45 bits per heavy atom. The highest BCUT2D eigenvalue weighted by molar-refractivity contribution is 5.86. The van der Waals surface area contributed by atoms with E-state index in [9.17, 15) is 9.59 Å². The molecule has 2 N–H and O–H groups in total. The number of rotatable bonds is 5. The Hall–Kier alpha value is -3.13. The molecule has 38 heavy (non-hydrogen) atoms. The van der Waals surface area contributed by atoms with Gasteiger partial charge in [0.15, 0.2) is 0 Å². The number of ether oxygens (including phenoxy) is 1. The van der Waals surface area contributed by atoms with Crippen molar-refractivity contribution in [2.75, 3.05) is 20.1 Å². The van der Waals surface area contributed by atoms with E-state index in [0.717, 1.165) is 55.7 Å². The van der Waals surface area contributed by atoms with Crippen molar-refractivity contribution < 1.29 is 14.3 Å². The van der Waals surface area contributed by atoms with Crippen LogP contribution in [0.1, 0.15) is 83.1 Å². The van der Waals surface area contributed by atoms with Gasteiger partial charge in [0, 0.05) is 12.6 Å². The van der Waals surface area contributed by atoms with E-state index in [1.165, 1.54) is 17.6 Å². The van der Waals surface area contributed by atoms with Crippen LogP contribution in [0, 0.1) is 0 Å². The number of benzene rings is 1. The number of nitrogens with one attached hydrogen (secondary N) is 2. The van der Waals surface area contributed by atoms with Gasteiger partial charge in [-0.05, 0) is 96.0 Å². The molecule has 0 saturated carbocycles. The Bertz CT molecular complexity index is 1180. The minimum Gasteiger partial charge on any atom is -0.444 e. The van der Waals surface area contributed by atoms with Crippen LogP contribution in [-0.4, -0.2) is 69.6 Å². The first-order valence-corrected chi connectivity index (χ1v) is 14.0. The summed E-state index contributed by atoms with van der Waals surface area (Å²) in [5.41, 5.74) is 4.16. The maximum atomic E-state index is 13.0. The molecule has 8 heteroatoms. The lowest BCUT2D eigenvalue weighted by Crippen LogP contribution is -2.50. The summed E-state index contributed by atoms with van der Waals surface area (Å²) >= 11 is 0. The van der Waals surface area contributed by atoms with Crippen LogP contribution >= 0.6 is 0 Å². The molecule has 2 fully saturated rings. The third-order valence-corrected chi connectivity index (χ3v) is 7.94. The summed E-state index contributed by atoms with van der Waals surface area (Å²) in [6.45, 7) is 7.23. The van der Waals surface area contributed by atoms with Gasteiger partial charge in [-0.15, -0.1) is 0 Å². The predicted molar refractivity (Wildman–Crippen MR) is 148 cm³/mol. The number of hydrogen-bond donors (Lipinski definition) is 2. The number of hydrogen-bond acceptors (Lipinski definition) is 5. The summed E-state index contributed by atoms with van der Waals surface area (Å²) in [4.78, 5) is 37.7. The topological polar surface area (TPSA) is 90.6 Å². The quantitative estimate of drug-likeness (QED) is 0.560. The number of nitrogens with zero attached hydrogens (tertiary/aromatic N) is 3. The van der Waals surface area contributed by atoms with Gasteiger partial charge < -0.3 is 15.0 Å². The Morgan fingerprint density at radius 2 is 1.79 bits per heavy atom. The minimum atomic E-state index is -0.572. The highest BCUT2D eigenvalue weighted by atomic mass is 16.6. The van der Waals surface area contributed by atoms with Gasteiger partial charge in [-0.1, -0.05) is 30.3 Å². The normalized spacial score (nSPS) is 24.4. The molecule has 0 bridgehead atoms. The Kier molecular flexibility index (Phi) is 7.61. The first-order valence-electron chi connectivity index (χ1n) is 14.0. The van der Waals surface area contributed by atoms with Gasteiger partial charge in [0.2, 0.25) is 5.91 Å². The molecule has 0 spiro atoms. The molecule has 1 aliphatic carbocycles.